The predicted molar refractivity (Wildman–Crippen MR) is 121 cm³/mol. The first-order chi connectivity index (χ1) is 14.6. The molecule has 0 bridgehead atoms. The van der Waals surface area contributed by atoms with Crippen LogP contribution in [0.1, 0.15) is 15.9 Å². The lowest BCUT2D eigenvalue weighted by molar-refractivity contribution is 0.0956. The van der Waals surface area contributed by atoms with Crippen LogP contribution >= 0.6 is 11.6 Å². The van der Waals surface area contributed by atoms with Crippen molar-refractivity contribution in [2.75, 3.05) is 13.7 Å². The van der Waals surface area contributed by atoms with Crippen molar-refractivity contribution >= 4 is 28.4 Å². The van der Waals surface area contributed by atoms with Crippen molar-refractivity contribution in [3.05, 3.63) is 95.0 Å². The Morgan fingerprint density at radius 2 is 1.80 bits per heavy atom. The van der Waals surface area contributed by atoms with E-state index in [4.69, 9.17) is 21.3 Å². The first-order valence-electron chi connectivity index (χ1n) is 9.71. The Bertz CT molecular complexity index is 1190. The van der Waals surface area contributed by atoms with Crippen molar-refractivity contribution < 1.29 is 9.53 Å². The van der Waals surface area contributed by atoms with Crippen LogP contribution in [0.5, 0.6) is 5.75 Å². The highest BCUT2D eigenvalue weighted by atomic mass is 35.5. The summed E-state index contributed by atoms with van der Waals surface area (Å²) in [6, 6.07) is 24.9. The van der Waals surface area contributed by atoms with Gasteiger partial charge in [-0.3, -0.25) is 4.79 Å². The smallest absolute Gasteiger partial charge is 0.252 e. The largest absolute Gasteiger partial charge is 0.497 e. The topological polar surface area (TPSA) is 51.2 Å². The van der Waals surface area contributed by atoms with Crippen LogP contribution in [0.3, 0.4) is 0 Å². The van der Waals surface area contributed by atoms with Crippen LogP contribution in [0.15, 0.2) is 78.9 Å². The summed E-state index contributed by atoms with van der Waals surface area (Å²) >= 11 is 6.04. The molecule has 1 N–H and O–H groups in total. The molecule has 4 nitrogen and oxygen atoms in total. The average Bonchev–Trinajstić information content (AvgIpc) is 2.78. The van der Waals surface area contributed by atoms with Gasteiger partial charge < -0.3 is 10.1 Å². The number of methoxy groups -OCH3 is 1. The van der Waals surface area contributed by atoms with Gasteiger partial charge in [0.25, 0.3) is 5.91 Å². The summed E-state index contributed by atoms with van der Waals surface area (Å²) in [5, 5.41) is 4.55. The highest BCUT2D eigenvalue weighted by Crippen LogP contribution is 2.26. The minimum atomic E-state index is -0.120. The Balaban J connectivity index is 1.60. The molecule has 0 aliphatic carbocycles. The number of ether oxygens (including phenoxy) is 1. The van der Waals surface area contributed by atoms with Crippen LogP contribution < -0.4 is 10.1 Å². The average molecular weight is 417 g/mol. The van der Waals surface area contributed by atoms with Gasteiger partial charge in [0.1, 0.15) is 5.75 Å². The summed E-state index contributed by atoms with van der Waals surface area (Å²) in [4.78, 5) is 17.8. The van der Waals surface area contributed by atoms with Crippen LogP contribution in [0.25, 0.3) is 22.2 Å². The molecule has 30 heavy (non-hydrogen) atoms. The Hall–Kier alpha value is -3.37. The summed E-state index contributed by atoms with van der Waals surface area (Å²) in [7, 11) is 1.63. The molecule has 0 fully saturated rings. The molecule has 0 atom stereocenters. The van der Waals surface area contributed by atoms with Gasteiger partial charge in [0, 0.05) is 22.5 Å². The molecule has 150 valence electrons. The fourth-order valence-corrected chi connectivity index (χ4v) is 3.59. The van der Waals surface area contributed by atoms with Crippen molar-refractivity contribution in [3.8, 4) is 17.0 Å². The van der Waals surface area contributed by atoms with Crippen molar-refractivity contribution in [1.82, 2.24) is 10.3 Å². The number of benzene rings is 3. The normalized spacial score (nSPS) is 10.7. The van der Waals surface area contributed by atoms with E-state index in [1.807, 2.05) is 78.9 Å². The molecule has 0 aliphatic rings. The number of nitrogens with zero attached hydrogens (tertiary/aromatic N) is 1. The van der Waals surface area contributed by atoms with Crippen LogP contribution in [0, 0.1) is 0 Å². The molecule has 5 heteroatoms. The number of carbonyl (C=O) groups is 1. The summed E-state index contributed by atoms with van der Waals surface area (Å²) in [5.41, 5.74) is 4.15. The lowest BCUT2D eigenvalue weighted by Gasteiger charge is -2.11. The molecule has 0 radical (unpaired) electrons. The first-order valence-corrected chi connectivity index (χ1v) is 10.1. The number of para-hydroxylation sites is 1. The number of nitrogens with one attached hydrogen (secondary N) is 1. The van der Waals surface area contributed by atoms with Gasteiger partial charge >= 0.3 is 0 Å². The molecular formula is C25H21ClN2O2. The van der Waals surface area contributed by atoms with Gasteiger partial charge in [-0.25, -0.2) is 4.98 Å². The second-order valence-corrected chi connectivity index (χ2v) is 7.37. The Labute approximate surface area is 180 Å². The van der Waals surface area contributed by atoms with E-state index in [-0.39, 0.29) is 5.91 Å². The fourth-order valence-electron chi connectivity index (χ4n) is 3.38. The van der Waals surface area contributed by atoms with Gasteiger partial charge in [-0.1, -0.05) is 41.9 Å². The molecule has 1 heterocycles. The molecule has 3 aromatic carbocycles. The van der Waals surface area contributed by atoms with Crippen molar-refractivity contribution in [2.24, 2.45) is 0 Å². The molecular weight excluding hydrogens is 396 g/mol. The molecule has 4 rings (SSSR count). The predicted octanol–water partition coefficient (Wildman–Crippen LogP) is 5.54. The van der Waals surface area contributed by atoms with E-state index in [1.165, 1.54) is 0 Å². The number of hydrogen-bond acceptors (Lipinski definition) is 3. The zero-order chi connectivity index (χ0) is 20.9. The van der Waals surface area contributed by atoms with Crippen LogP contribution in [0.2, 0.25) is 5.02 Å². The quantitative estimate of drug-likeness (QED) is 0.449. The molecule has 1 amide bonds. The molecule has 0 unspecified atom stereocenters. The summed E-state index contributed by atoms with van der Waals surface area (Å²) in [6.45, 7) is 0.522. The third-order valence-corrected chi connectivity index (χ3v) is 5.17. The second kappa shape index (κ2) is 8.97. The van der Waals surface area contributed by atoms with Crippen molar-refractivity contribution in [1.29, 1.82) is 0 Å². The Kier molecular flexibility index (Phi) is 5.96. The van der Waals surface area contributed by atoms with E-state index in [2.05, 4.69) is 5.32 Å². The Morgan fingerprint density at radius 1 is 1.00 bits per heavy atom. The third-order valence-electron chi connectivity index (χ3n) is 4.93. The van der Waals surface area contributed by atoms with Gasteiger partial charge in [-0.2, -0.15) is 0 Å². The van der Waals surface area contributed by atoms with E-state index in [0.29, 0.717) is 23.6 Å². The van der Waals surface area contributed by atoms with E-state index >= 15 is 0 Å². The highest BCUT2D eigenvalue weighted by Gasteiger charge is 2.14. The van der Waals surface area contributed by atoms with Gasteiger partial charge in [0.2, 0.25) is 0 Å². The first kappa shape index (κ1) is 19.9. The highest BCUT2D eigenvalue weighted by molar-refractivity contribution is 6.30. The maximum atomic E-state index is 13.0. The number of halogens is 1. The fraction of sp³-hybridized carbons (Fsp3) is 0.120. The van der Waals surface area contributed by atoms with Crippen molar-refractivity contribution in [2.45, 2.75) is 6.42 Å². The molecule has 0 aliphatic heterocycles. The zero-order valence-electron chi connectivity index (χ0n) is 16.6. The minimum Gasteiger partial charge on any atom is -0.497 e. The minimum absolute atomic E-state index is 0.120. The maximum Gasteiger partial charge on any atom is 0.252 e. The SMILES string of the molecule is COc1ccc(-c2cc(C(=O)NCCc3cccc(Cl)c3)c3ccccc3n2)cc1. The Morgan fingerprint density at radius 3 is 2.57 bits per heavy atom. The van der Waals surface area contributed by atoms with E-state index in [0.717, 1.165) is 33.5 Å². The summed E-state index contributed by atoms with van der Waals surface area (Å²) < 4.78 is 5.23. The molecule has 0 saturated carbocycles. The number of amides is 1. The standard InChI is InChI=1S/C25H21ClN2O2/c1-30-20-11-9-18(10-12-20)24-16-22(21-7-2-3-8-23(21)28-24)25(29)27-14-13-17-5-4-6-19(26)15-17/h2-12,15-16H,13-14H2,1H3,(H,27,29). The number of fused-ring (bicyclic) bond motifs is 1. The third kappa shape index (κ3) is 4.44. The molecule has 4 aromatic rings. The van der Waals surface area contributed by atoms with E-state index in [1.54, 1.807) is 7.11 Å². The lowest BCUT2D eigenvalue weighted by atomic mass is 10.0. The van der Waals surface area contributed by atoms with Gasteiger partial charge in [-0.05, 0) is 60.5 Å². The molecule has 0 spiro atoms. The van der Waals surface area contributed by atoms with Crippen LogP contribution in [-0.2, 0) is 6.42 Å². The summed E-state index contributed by atoms with van der Waals surface area (Å²) in [5.74, 6) is 0.656. The lowest BCUT2D eigenvalue weighted by Crippen LogP contribution is -2.26. The molecule has 1 aromatic heterocycles. The number of aromatic nitrogens is 1. The number of pyridine rings is 1. The molecule has 0 saturated heterocycles. The monoisotopic (exact) mass is 416 g/mol. The van der Waals surface area contributed by atoms with Crippen LogP contribution in [0.4, 0.5) is 0 Å². The second-order valence-electron chi connectivity index (χ2n) is 6.94. The van der Waals surface area contributed by atoms with Gasteiger partial charge in [0.15, 0.2) is 0 Å². The summed E-state index contributed by atoms with van der Waals surface area (Å²) in [6.07, 6.45) is 0.709. The van der Waals surface area contributed by atoms with Crippen molar-refractivity contribution in [3.63, 3.8) is 0 Å². The van der Waals surface area contributed by atoms with E-state index < -0.39 is 0 Å². The maximum absolute atomic E-state index is 13.0. The van der Waals surface area contributed by atoms with Gasteiger partial charge in [-0.15, -0.1) is 0 Å². The number of carbonyl (C=O) groups excluding carboxylic acids is 1. The van der Waals surface area contributed by atoms with E-state index in [9.17, 15) is 4.79 Å². The van der Waals surface area contributed by atoms with Crippen LogP contribution in [-0.4, -0.2) is 24.5 Å². The number of hydrogen-bond donors (Lipinski definition) is 1. The zero-order valence-corrected chi connectivity index (χ0v) is 17.3. The number of rotatable bonds is 6. The van der Waals surface area contributed by atoms with Gasteiger partial charge in [0.05, 0.1) is 23.9 Å².